The molecule has 0 aromatic carbocycles. The van der Waals surface area contributed by atoms with Crippen LogP contribution in [0.15, 0.2) is 59.8 Å². The van der Waals surface area contributed by atoms with Crippen molar-refractivity contribution in [1.82, 2.24) is 0 Å². The van der Waals surface area contributed by atoms with E-state index < -0.39 is 5.60 Å². The summed E-state index contributed by atoms with van der Waals surface area (Å²) in [5.41, 5.74) is 3.26. The molecule has 0 unspecified atom stereocenters. The van der Waals surface area contributed by atoms with E-state index in [1.165, 1.54) is 22.8 Å². The molecule has 1 nitrogen and oxygen atoms in total. The summed E-state index contributed by atoms with van der Waals surface area (Å²) in [7, 11) is 0. The second-order valence-corrected chi connectivity index (χ2v) is 6.21. The molecule has 0 aliphatic carbocycles. The molecule has 0 saturated heterocycles. The van der Waals surface area contributed by atoms with E-state index >= 15 is 0 Å². The van der Waals surface area contributed by atoms with Crippen molar-refractivity contribution in [3.05, 3.63) is 59.8 Å². The molecule has 1 N–H and O–H groups in total. The Morgan fingerprint density at radius 1 is 1.00 bits per heavy atom. The Morgan fingerprint density at radius 2 is 1.57 bits per heavy atom. The van der Waals surface area contributed by atoms with Gasteiger partial charge in [0, 0.05) is 0 Å². The van der Waals surface area contributed by atoms with Crippen molar-refractivity contribution in [1.29, 1.82) is 0 Å². The van der Waals surface area contributed by atoms with Gasteiger partial charge < -0.3 is 5.11 Å². The summed E-state index contributed by atoms with van der Waals surface area (Å²) in [6, 6.07) is 0. The zero-order chi connectivity index (χ0) is 16.3. The highest BCUT2D eigenvalue weighted by molar-refractivity contribution is 5.18. The van der Waals surface area contributed by atoms with E-state index in [2.05, 4.69) is 52.5 Å². The van der Waals surface area contributed by atoms with E-state index in [1.54, 1.807) is 13.0 Å². The van der Waals surface area contributed by atoms with E-state index in [4.69, 9.17) is 0 Å². The highest BCUT2D eigenvalue weighted by Crippen LogP contribution is 2.12. The Labute approximate surface area is 131 Å². The Morgan fingerprint density at radius 3 is 2.14 bits per heavy atom. The predicted molar refractivity (Wildman–Crippen MR) is 95.4 cm³/mol. The zero-order valence-corrected chi connectivity index (χ0v) is 14.4. The summed E-state index contributed by atoms with van der Waals surface area (Å²) >= 11 is 0. The number of allylic oxidation sites excluding steroid dienone is 7. The van der Waals surface area contributed by atoms with Gasteiger partial charge in [-0.25, -0.2) is 0 Å². The first-order valence-electron chi connectivity index (χ1n) is 7.77. The Kier molecular flexibility index (Phi) is 9.73. The minimum Gasteiger partial charge on any atom is -0.382 e. The third kappa shape index (κ3) is 12.1. The summed E-state index contributed by atoms with van der Waals surface area (Å²) in [6.07, 6.45) is 16.3. The van der Waals surface area contributed by atoms with Crippen LogP contribution in [0.3, 0.4) is 0 Å². The molecule has 0 aromatic rings. The van der Waals surface area contributed by atoms with Gasteiger partial charge in [0.05, 0.1) is 5.60 Å². The molecule has 0 saturated carbocycles. The summed E-state index contributed by atoms with van der Waals surface area (Å²) < 4.78 is 0. The fourth-order valence-corrected chi connectivity index (χ4v) is 1.80. The van der Waals surface area contributed by atoms with Crippen molar-refractivity contribution >= 4 is 0 Å². The maximum absolute atomic E-state index is 9.76. The van der Waals surface area contributed by atoms with Crippen LogP contribution in [0.2, 0.25) is 0 Å². The monoisotopic (exact) mass is 288 g/mol. The van der Waals surface area contributed by atoms with Crippen molar-refractivity contribution in [2.45, 2.75) is 65.9 Å². The van der Waals surface area contributed by atoms with Gasteiger partial charge in [0.2, 0.25) is 0 Å². The van der Waals surface area contributed by atoms with Crippen molar-refractivity contribution < 1.29 is 5.11 Å². The van der Waals surface area contributed by atoms with Crippen LogP contribution in [0, 0.1) is 0 Å². The van der Waals surface area contributed by atoms with Crippen molar-refractivity contribution in [2.24, 2.45) is 0 Å². The standard InChI is InChI=1S/C20H32O/c1-7-20(6,21)16-10-15-19(5)14-9-13-18(4)12-8-11-17(2)3/h7,10-11,13,15-16,21H,1,8-9,12,14H2,2-6H3/b16-10+,18-13+,19-15+/t20-/m0/s1. The molecule has 21 heavy (non-hydrogen) atoms. The molecule has 0 amide bonds. The molecular formula is C20H32O. The SMILES string of the molecule is C=C[C@](C)(O)/C=C/C=C(\C)CC/C=C(\C)CCC=C(C)C. The van der Waals surface area contributed by atoms with E-state index in [0.29, 0.717) is 0 Å². The van der Waals surface area contributed by atoms with Crippen molar-refractivity contribution in [3.8, 4) is 0 Å². The number of rotatable bonds is 9. The van der Waals surface area contributed by atoms with Gasteiger partial charge in [-0.2, -0.15) is 0 Å². The first-order chi connectivity index (χ1) is 9.76. The average Bonchev–Trinajstić information content (AvgIpc) is 2.38. The largest absolute Gasteiger partial charge is 0.382 e. The van der Waals surface area contributed by atoms with Gasteiger partial charge in [0.1, 0.15) is 0 Å². The van der Waals surface area contributed by atoms with Gasteiger partial charge in [-0.05, 0) is 66.4 Å². The third-order valence-electron chi connectivity index (χ3n) is 3.35. The van der Waals surface area contributed by atoms with Crippen LogP contribution in [0.5, 0.6) is 0 Å². The minimum absolute atomic E-state index is 0.918. The fraction of sp³-hybridized carbons (Fsp3) is 0.500. The Bertz CT molecular complexity index is 427. The molecule has 0 spiro atoms. The third-order valence-corrected chi connectivity index (χ3v) is 3.35. The number of hydrogen-bond acceptors (Lipinski definition) is 1. The fourth-order valence-electron chi connectivity index (χ4n) is 1.80. The van der Waals surface area contributed by atoms with Crippen LogP contribution < -0.4 is 0 Å². The quantitative estimate of drug-likeness (QED) is 0.414. The molecule has 0 aliphatic rings. The first-order valence-corrected chi connectivity index (χ1v) is 7.77. The van der Waals surface area contributed by atoms with E-state index in [1.807, 2.05) is 6.08 Å². The van der Waals surface area contributed by atoms with Crippen molar-refractivity contribution in [3.63, 3.8) is 0 Å². The van der Waals surface area contributed by atoms with Gasteiger partial charge in [0.15, 0.2) is 0 Å². The molecule has 1 atom stereocenters. The number of aliphatic hydroxyl groups is 1. The normalized spacial score (nSPS) is 15.9. The molecule has 118 valence electrons. The van der Waals surface area contributed by atoms with Gasteiger partial charge in [-0.15, -0.1) is 0 Å². The molecule has 0 aliphatic heterocycles. The predicted octanol–water partition coefficient (Wildman–Crippen LogP) is 5.90. The van der Waals surface area contributed by atoms with Gasteiger partial charge >= 0.3 is 0 Å². The Balaban J connectivity index is 4.15. The summed E-state index contributed by atoms with van der Waals surface area (Å²) in [5, 5.41) is 9.76. The van der Waals surface area contributed by atoms with Gasteiger partial charge in [-0.3, -0.25) is 0 Å². The molecular weight excluding hydrogens is 256 g/mol. The lowest BCUT2D eigenvalue weighted by Crippen LogP contribution is -2.15. The summed E-state index contributed by atoms with van der Waals surface area (Å²) in [4.78, 5) is 0. The minimum atomic E-state index is -0.918. The maximum atomic E-state index is 9.76. The molecule has 0 aromatic heterocycles. The average molecular weight is 288 g/mol. The summed E-state index contributed by atoms with van der Waals surface area (Å²) in [5.74, 6) is 0. The van der Waals surface area contributed by atoms with Crippen LogP contribution in [0.1, 0.15) is 60.3 Å². The van der Waals surface area contributed by atoms with Gasteiger partial charge in [0.25, 0.3) is 0 Å². The first kappa shape index (κ1) is 19.7. The highest BCUT2D eigenvalue weighted by Gasteiger charge is 2.07. The second kappa shape index (κ2) is 10.4. The zero-order valence-electron chi connectivity index (χ0n) is 14.4. The van der Waals surface area contributed by atoms with Crippen LogP contribution in [0.4, 0.5) is 0 Å². The summed E-state index contributed by atoms with van der Waals surface area (Å²) in [6.45, 7) is 13.9. The van der Waals surface area contributed by atoms with Crippen LogP contribution in [0.25, 0.3) is 0 Å². The highest BCUT2D eigenvalue weighted by atomic mass is 16.3. The molecule has 1 heteroatoms. The molecule has 0 bridgehead atoms. The van der Waals surface area contributed by atoms with Crippen molar-refractivity contribution in [2.75, 3.05) is 0 Å². The molecule has 0 fully saturated rings. The van der Waals surface area contributed by atoms with E-state index in [-0.39, 0.29) is 0 Å². The molecule has 0 radical (unpaired) electrons. The lowest BCUT2D eigenvalue weighted by molar-refractivity contribution is 0.164. The topological polar surface area (TPSA) is 20.2 Å². The van der Waals surface area contributed by atoms with Crippen LogP contribution in [-0.2, 0) is 0 Å². The van der Waals surface area contributed by atoms with E-state index in [9.17, 15) is 5.11 Å². The van der Waals surface area contributed by atoms with E-state index in [0.717, 1.165) is 25.7 Å². The molecule has 0 heterocycles. The van der Waals surface area contributed by atoms with Crippen LogP contribution in [-0.4, -0.2) is 10.7 Å². The Hall–Kier alpha value is -1.34. The van der Waals surface area contributed by atoms with Crippen LogP contribution >= 0.6 is 0 Å². The number of hydrogen-bond donors (Lipinski definition) is 1. The molecule has 0 rings (SSSR count). The smallest absolute Gasteiger partial charge is 0.0980 e. The second-order valence-electron chi connectivity index (χ2n) is 6.21. The van der Waals surface area contributed by atoms with Gasteiger partial charge in [-0.1, -0.05) is 53.7 Å². The lowest BCUT2D eigenvalue weighted by Gasteiger charge is -2.11. The lowest BCUT2D eigenvalue weighted by atomic mass is 10.0. The maximum Gasteiger partial charge on any atom is 0.0980 e.